The van der Waals surface area contributed by atoms with E-state index in [1.165, 1.54) is 0 Å². The van der Waals surface area contributed by atoms with Crippen molar-refractivity contribution in [2.75, 3.05) is 13.7 Å². The van der Waals surface area contributed by atoms with E-state index in [-0.39, 0.29) is 18.6 Å². The average molecular weight is 327 g/mol. The first-order chi connectivity index (χ1) is 8.99. The third-order valence-electron chi connectivity index (χ3n) is 3.30. The summed E-state index contributed by atoms with van der Waals surface area (Å²) in [5.74, 6) is 0.691. The fourth-order valence-electron chi connectivity index (χ4n) is 1.91. The predicted octanol–water partition coefficient (Wildman–Crippen LogP) is 2.47. The molecule has 1 atom stereocenters. The first-order valence-electron chi connectivity index (χ1n) is 6.42. The Hall–Kier alpha value is -1.07. The van der Waals surface area contributed by atoms with Crippen molar-refractivity contribution in [1.82, 2.24) is 4.90 Å². The van der Waals surface area contributed by atoms with Crippen LogP contribution in [-0.4, -0.2) is 30.5 Å². The molecule has 1 saturated carbocycles. The van der Waals surface area contributed by atoms with E-state index in [1.54, 1.807) is 4.90 Å². The minimum Gasteiger partial charge on any atom is -0.483 e. The smallest absolute Gasteiger partial charge is 0.260 e. The average Bonchev–Trinajstić information content (AvgIpc) is 3.20. The number of hydrogen-bond donors (Lipinski definition) is 1. The second-order valence-corrected chi connectivity index (χ2v) is 5.91. The van der Waals surface area contributed by atoms with Crippen molar-refractivity contribution in [2.45, 2.75) is 31.8 Å². The fourth-order valence-corrected chi connectivity index (χ4v) is 2.29. The molecule has 2 N–H and O–H groups in total. The van der Waals surface area contributed by atoms with Crippen molar-refractivity contribution in [1.29, 1.82) is 0 Å². The third kappa shape index (κ3) is 3.70. The van der Waals surface area contributed by atoms with E-state index in [0.717, 1.165) is 22.9 Å². The zero-order valence-electron chi connectivity index (χ0n) is 11.2. The normalized spacial score (nSPS) is 16.0. The van der Waals surface area contributed by atoms with Crippen LogP contribution >= 0.6 is 15.9 Å². The van der Waals surface area contributed by atoms with Crippen molar-refractivity contribution in [3.8, 4) is 5.75 Å². The van der Waals surface area contributed by atoms with Gasteiger partial charge in [0.2, 0.25) is 0 Å². The molecule has 1 aliphatic carbocycles. The summed E-state index contributed by atoms with van der Waals surface area (Å²) in [4.78, 5) is 13.7. The Balaban J connectivity index is 2.00. The van der Waals surface area contributed by atoms with Crippen molar-refractivity contribution in [2.24, 2.45) is 5.73 Å². The van der Waals surface area contributed by atoms with Crippen LogP contribution in [-0.2, 0) is 4.79 Å². The molecule has 1 aliphatic rings. The van der Waals surface area contributed by atoms with Crippen molar-refractivity contribution < 1.29 is 9.53 Å². The largest absolute Gasteiger partial charge is 0.483 e. The first-order valence-corrected chi connectivity index (χ1v) is 7.22. The molecule has 1 aromatic carbocycles. The molecule has 1 amide bonds. The number of benzene rings is 1. The number of amides is 1. The summed E-state index contributed by atoms with van der Waals surface area (Å²) in [6.07, 6.45) is 2.21. The van der Waals surface area contributed by atoms with Gasteiger partial charge in [-0.25, -0.2) is 0 Å². The molecule has 1 fully saturated rings. The van der Waals surface area contributed by atoms with Gasteiger partial charge in [0.1, 0.15) is 5.75 Å². The van der Waals surface area contributed by atoms with E-state index in [9.17, 15) is 4.79 Å². The van der Waals surface area contributed by atoms with Crippen LogP contribution < -0.4 is 10.5 Å². The fraction of sp³-hybridized carbons (Fsp3) is 0.500. The molecule has 0 spiro atoms. The predicted molar refractivity (Wildman–Crippen MR) is 78.0 cm³/mol. The van der Waals surface area contributed by atoms with E-state index in [0.29, 0.717) is 11.8 Å². The molecule has 19 heavy (non-hydrogen) atoms. The van der Waals surface area contributed by atoms with Gasteiger partial charge in [0.25, 0.3) is 5.91 Å². The van der Waals surface area contributed by atoms with Gasteiger partial charge in [-0.15, -0.1) is 0 Å². The van der Waals surface area contributed by atoms with Crippen LogP contribution in [0.25, 0.3) is 0 Å². The Morgan fingerprint density at radius 3 is 2.84 bits per heavy atom. The maximum Gasteiger partial charge on any atom is 0.260 e. The summed E-state index contributed by atoms with van der Waals surface area (Å²) >= 11 is 3.41. The molecule has 2 rings (SSSR count). The molecule has 0 radical (unpaired) electrons. The molecule has 0 heterocycles. The van der Waals surface area contributed by atoms with Gasteiger partial charge in [-0.05, 0) is 38.0 Å². The number of halogens is 1. The number of hydrogen-bond acceptors (Lipinski definition) is 3. The van der Waals surface area contributed by atoms with Gasteiger partial charge in [0.05, 0.1) is 0 Å². The summed E-state index contributed by atoms with van der Waals surface area (Å²) in [6.45, 7) is 1.96. The van der Waals surface area contributed by atoms with Gasteiger partial charge in [0.15, 0.2) is 6.61 Å². The van der Waals surface area contributed by atoms with Gasteiger partial charge in [-0.2, -0.15) is 0 Å². The van der Waals surface area contributed by atoms with Crippen LogP contribution in [0.3, 0.4) is 0 Å². The third-order valence-corrected chi connectivity index (χ3v) is 3.79. The molecule has 1 unspecified atom stereocenters. The van der Waals surface area contributed by atoms with Crippen LogP contribution in [0.4, 0.5) is 0 Å². The van der Waals surface area contributed by atoms with Crippen molar-refractivity contribution in [3.63, 3.8) is 0 Å². The summed E-state index contributed by atoms with van der Waals surface area (Å²) in [6, 6.07) is 5.93. The summed E-state index contributed by atoms with van der Waals surface area (Å²) in [5, 5.41) is 0. The monoisotopic (exact) mass is 326 g/mol. The van der Waals surface area contributed by atoms with E-state index in [4.69, 9.17) is 10.5 Å². The number of rotatable bonds is 5. The summed E-state index contributed by atoms with van der Waals surface area (Å²) in [5.41, 5.74) is 6.81. The van der Waals surface area contributed by atoms with Crippen molar-refractivity contribution in [3.05, 3.63) is 28.2 Å². The molecule has 5 heteroatoms. The van der Waals surface area contributed by atoms with Crippen LogP contribution in [0, 0.1) is 0 Å². The number of carbonyl (C=O) groups excluding carboxylic acids is 1. The minimum absolute atomic E-state index is 0.0149. The number of ether oxygens (including phenoxy) is 1. The number of nitrogens with two attached hydrogens (primary N) is 1. The van der Waals surface area contributed by atoms with Gasteiger partial charge < -0.3 is 15.4 Å². The molecule has 1 aromatic rings. The maximum absolute atomic E-state index is 11.9. The van der Waals surface area contributed by atoms with E-state index >= 15 is 0 Å². The lowest BCUT2D eigenvalue weighted by molar-refractivity contribution is -0.132. The standard InChI is InChI=1S/C14H19BrN2O2/c1-9(16)12-7-10(15)3-6-13(12)19-8-14(18)17(2)11-4-5-11/h3,6-7,9,11H,4-5,8,16H2,1-2H3. The van der Waals surface area contributed by atoms with E-state index < -0.39 is 0 Å². The maximum atomic E-state index is 11.9. The molecular weight excluding hydrogens is 308 g/mol. The van der Waals surface area contributed by atoms with Gasteiger partial charge in [-0.1, -0.05) is 15.9 Å². The second-order valence-electron chi connectivity index (χ2n) is 5.00. The minimum atomic E-state index is -0.135. The number of likely N-dealkylation sites (N-methyl/N-ethyl adjacent to an activating group) is 1. The highest BCUT2D eigenvalue weighted by atomic mass is 79.9. The zero-order valence-corrected chi connectivity index (χ0v) is 12.8. The first kappa shape index (κ1) is 14.3. The Morgan fingerprint density at radius 1 is 1.58 bits per heavy atom. The molecular formula is C14H19BrN2O2. The second kappa shape index (κ2) is 5.92. The topological polar surface area (TPSA) is 55.6 Å². The SMILES string of the molecule is CC(N)c1cc(Br)ccc1OCC(=O)N(C)C1CC1. The lowest BCUT2D eigenvalue weighted by Gasteiger charge is -2.18. The highest BCUT2D eigenvalue weighted by Gasteiger charge is 2.29. The molecule has 0 aromatic heterocycles. The summed E-state index contributed by atoms with van der Waals surface area (Å²) < 4.78 is 6.57. The van der Waals surface area contributed by atoms with Crippen LogP contribution in [0.2, 0.25) is 0 Å². The van der Waals surface area contributed by atoms with Gasteiger partial charge in [-0.3, -0.25) is 4.79 Å². The van der Waals surface area contributed by atoms with Crippen molar-refractivity contribution >= 4 is 21.8 Å². The lowest BCUT2D eigenvalue weighted by atomic mass is 10.1. The van der Waals surface area contributed by atoms with E-state index in [1.807, 2.05) is 32.2 Å². The number of carbonyl (C=O) groups is 1. The molecule has 4 nitrogen and oxygen atoms in total. The molecule has 0 aliphatic heterocycles. The van der Waals surface area contributed by atoms with Crippen LogP contribution in [0.15, 0.2) is 22.7 Å². The Morgan fingerprint density at radius 2 is 2.26 bits per heavy atom. The number of nitrogens with zero attached hydrogens (tertiary/aromatic N) is 1. The Bertz CT molecular complexity index is 473. The Kier molecular flexibility index (Phi) is 4.47. The van der Waals surface area contributed by atoms with Gasteiger partial charge in [0, 0.05) is 29.2 Å². The quantitative estimate of drug-likeness (QED) is 0.904. The van der Waals surface area contributed by atoms with Gasteiger partial charge >= 0.3 is 0 Å². The van der Waals surface area contributed by atoms with Crippen LogP contribution in [0.1, 0.15) is 31.4 Å². The van der Waals surface area contributed by atoms with E-state index in [2.05, 4.69) is 15.9 Å². The summed E-state index contributed by atoms with van der Waals surface area (Å²) in [7, 11) is 1.83. The van der Waals surface area contributed by atoms with Crippen LogP contribution in [0.5, 0.6) is 5.75 Å². The molecule has 0 bridgehead atoms. The molecule has 104 valence electrons. The highest BCUT2D eigenvalue weighted by Crippen LogP contribution is 2.28. The zero-order chi connectivity index (χ0) is 14.0. The highest BCUT2D eigenvalue weighted by molar-refractivity contribution is 9.10. The molecule has 0 saturated heterocycles. The Labute approximate surface area is 122 Å². The lowest BCUT2D eigenvalue weighted by Crippen LogP contribution is -2.33.